The van der Waals surface area contributed by atoms with E-state index in [1.54, 1.807) is 0 Å². The number of nitrogens with zero attached hydrogens (tertiary/aromatic N) is 1. The number of likely N-dealkylation sites (N-methyl/N-ethyl adjacent to an activating group) is 1. The van der Waals surface area contributed by atoms with Crippen molar-refractivity contribution in [1.82, 2.24) is 4.90 Å². The highest BCUT2D eigenvalue weighted by molar-refractivity contribution is 5.44. The Labute approximate surface area is 122 Å². The van der Waals surface area contributed by atoms with Crippen LogP contribution in [-0.4, -0.2) is 30.1 Å². The standard InChI is InChI=1S/C18H27NO/c1-18-10-6-4-5-7-14(17(18)19(2)3)11-13-8-9-15(20)12-16(13)18/h8-9,12,14,17,20H,4-7,10-11H2,1-3H3/t14?,17?,18-/m1/s1. The van der Waals surface area contributed by atoms with E-state index in [0.717, 1.165) is 5.92 Å². The van der Waals surface area contributed by atoms with Crippen LogP contribution in [0.4, 0.5) is 0 Å². The number of fused-ring (bicyclic) bond motifs is 4. The van der Waals surface area contributed by atoms with E-state index in [1.807, 2.05) is 12.1 Å². The highest BCUT2D eigenvalue weighted by Crippen LogP contribution is 2.48. The molecular formula is C18H27NO. The molecule has 3 atom stereocenters. The fourth-order valence-electron chi connectivity index (χ4n) is 4.96. The molecule has 0 heterocycles. The molecule has 2 aliphatic rings. The Morgan fingerprint density at radius 3 is 2.75 bits per heavy atom. The molecule has 1 fully saturated rings. The Hall–Kier alpha value is -1.02. The van der Waals surface area contributed by atoms with Crippen molar-refractivity contribution in [3.63, 3.8) is 0 Å². The lowest BCUT2D eigenvalue weighted by Crippen LogP contribution is -2.54. The van der Waals surface area contributed by atoms with Crippen molar-refractivity contribution in [1.29, 1.82) is 0 Å². The summed E-state index contributed by atoms with van der Waals surface area (Å²) in [5.41, 5.74) is 3.05. The summed E-state index contributed by atoms with van der Waals surface area (Å²) in [5, 5.41) is 9.94. The quantitative estimate of drug-likeness (QED) is 0.843. The van der Waals surface area contributed by atoms with Crippen molar-refractivity contribution >= 4 is 0 Å². The predicted molar refractivity (Wildman–Crippen MR) is 83.2 cm³/mol. The van der Waals surface area contributed by atoms with Crippen molar-refractivity contribution in [3.8, 4) is 5.75 Å². The first-order valence-corrected chi connectivity index (χ1v) is 8.01. The number of phenolic OH excluding ortho intramolecular Hbond substituents is 1. The van der Waals surface area contributed by atoms with Crippen molar-refractivity contribution < 1.29 is 5.11 Å². The maximum absolute atomic E-state index is 9.94. The molecule has 20 heavy (non-hydrogen) atoms. The molecule has 2 unspecified atom stereocenters. The number of rotatable bonds is 1. The normalized spacial score (nSPS) is 33.4. The summed E-state index contributed by atoms with van der Waals surface area (Å²) >= 11 is 0. The van der Waals surface area contributed by atoms with E-state index in [0.29, 0.717) is 11.8 Å². The van der Waals surface area contributed by atoms with E-state index in [1.165, 1.54) is 49.7 Å². The van der Waals surface area contributed by atoms with E-state index >= 15 is 0 Å². The SMILES string of the molecule is CN(C)C1C2CCCCC[C@]1(C)c1cc(O)ccc1C2. The lowest BCUT2D eigenvalue weighted by atomic mass is 9.59. The number of phenols is 1. The zero-order chi connectivity index (χ0) is 14.3. The third-order valence-electron chi connectivity index (χ3n) is 5.62. The van der Waals surface area contributed by atoms with Crippen LogP contribution < -0.4 is 0 Å². The molecule has 110 valence electrons. The van der Waals surface area contributed by atoms with Crippen molar-refractivity contribution in [2.75, 3.05) is 14.1 Å². The molecule has 2 bridgehead atoms. The lowest BCUT2D eigenvalue weighted by Gasteiger charge is -2.51. The molecule has 0 aliphatic heterocycles. The fraction of sp³-hybridized carbons (Fsp3) is 0.667. The van der Waals surface area contributed by atoms with Gasteiger partial charge in [0.2, 0.25) is 0 Å². The highest BCUT2D eigenvalue weighted by atomic mass is 16.3. The van der Waals surface area contributed by atoms with Crippen LogP contribution in [0.2, 0.25) is 0 Å². The molecule has 0 spiro atoms. The van der Waals surface area contributed by atoms with Gasteiger partial charge in [-0.1, -0.05) is 32.3 Å². The minimum absolute atomic E-state index is 0.181. The Morgan fingerprint density at radius 1 is 1.20 bits per heavy atom. The third-order valence-corrected chi connectivity index (χ3v) is 5.62. The van der Waals surface area contributed by atoms with Gasteiger partial charge in [-0.15, -0.1) is 0 Å². The second-order valence-corrected chi connectivity index (χ2v) is 7.23. The molecule has 1 N–H and O–H groups in total. The monoisotopic (exact) mass is 273 g/mol. The highest BCUT2D eigenvalue weighted by Gasteiger charge is 2.46. The van der Waals surface area contributed by atoms with E-state index in [-0.39, 0.29) is 5.41 Å². The lowest BCUT2D eigenvalue weighted by molar-refractivity contribution is 0.0826. The molecule has 1 aromatic carbocycles. The zero-order valence-corrected chi connectivity index (χ0v) is 13.0. The smallest absolute Gasteiger partial charge is 0.115 e. The topological polar surface area (TPSA) is 23.5 Å². The Bertz CT molecular complexity index is 496. The molecule has 1 aromatic rings. The summed E-state index contributed by atoms with van der Waals surface area (Å²) in [5.74, 6) is 1.18. The second-order valence-electron chi connectivity index (χ2n) is 7.23. The van der Waals surface area contributed by atoms with Crippen LogP contribution in [0.3, 0.4) is 0 Å². The summed E-state index contributed by atoms with van der Waals surface area (Å²) in [4.78, 5) is 2.43. The van der Waals surface area contributed by atoms with Gasteiger partial charge in [-0.25, -0.2) is 0 Å². The van der Waals surface area contributed by atoms with Gasteiger partial charge in [0, 0.05) is 11.5 Å². The Balaban J connectivity index is 2.14. The van der Waals surface area contributed by atoms with Gasteiger partial charge >= 0.3 is 0 Å². The molecule has 0 saturated heterocycles. The largest absolute Gasteiger partial charge is 0.508 e. The van der Waals surface area contributed by atoms with Crippen molar-refractivity contribution in [2.24, 2.45) is 5.92 Å². The second kappa shape index (κ2) is 5.07. The summed E-state index contributed by atoms with van der Waals surface area (Å²) in [6.07, 6.45) is 7.80. The first-order chi connectivity index (χ1) is 9.52. The average molecular weight is 273 g/mol. The molecule has 2 nitrogen and oxygen atoms in total. The van der Waals surface area contributed by atoms with Crippen molar-refractivity contribution in [3.05, 3.63) is 29.3 Å². The molecule has 1 saturated carbocycles. The Kier molecular flexibility index (Phi) is 3.53. The van der Waals surface area contributed by atoms with Crippen LogP contribution in [0.5, 0.6) is 5.75 Å². The van der Waals surface area contributed by atoms with Gasteiger partial charge in [-0.2, -0.15) is 0 Å². The molecule has 0 aromatic heterocycles. The zero-order valence-electron chi connectivity index (χ0n) is 13.0. The van der Waals surface area contributed by atoms with Gasteiger partial charge in [0.05, 0.1) is 0 Å². The van der Waals surface area contributed by atoms with E-state index in [2.05, 4.69) is 32.0 Å². The first-order valence-electron chi connectivity index (χ1n) is 8.01. The van der Waals surface area contributed by atoms with Gasteiger partial charge in [0.25, 0.3) is 0 Å². The molecule has 2 aliphatic carbocycles. The maximum atomic E-state index is 9.94. The summed E-state index contributed by atoms with van der Waals surface area (Å²) in [6, 6.07) is 6.64. The summed E-state index contributed by atoms with van der Waals surface area (Å²) in [7, 11) is 4.45. The van der Waals surface area contributed by atoms with Gasteiger partial charge in [-0.3, -0.25) is 0 Å². The maximum Gasteiger partial charge on any atom is 0.115 e. The third kappa shape index (κ3) is 2.14. The average Bonchev–Trinajstić information content (AvgIpc) is 2.37. The van der Waals surface area contributed by atoms with Crippen LogP contribution in [0, 0.1) is 5.92 Å². The minimum Gasteiger partial charge on any atom is -0.508 e. The predicted octanol–water partition coefficient (Wildman–Crippen LogP) is 3.72. The van der Waals surface area contributed by atoms with Crippen LogP contribution in [0.15, 0.2) is 18.2 Å². The van der Waals surface area contributed by atoms with Gasteiger partial charge in [0.15, 0.2) is 0 Å². The first kappa shape index (κ1) is 13.9. The van der Waals surface area contributed by atoms with Crippen molar-refractivity contribution in [2.45, 2.75) is 56.9 Å². The van der Waals surface area contributed by atoms with Gasteiger partial charge in [-0.05, 0) is 62.5 Å². The number of benzene rings is 1. The molecule has 0 amide bonds. The fourth-order valence-corrected chi connectivity index (χ4v) is 4.96. The molecule has 3 rings (SSSR count). The van der Waals surface area contributed by atoms with Gasteiger partial charge < -0.3 is 10.0 Å². The number of hydrogen-bond donors (Lipinski definition) is 1. The number of hydrogen-bond acceptors (Lipinski definition) is 2. The van der Waals surface area contributed by atoms with Crippen LogP contribution >= 0.6 is 0 Å². The number of aromatic hydroxyl groups is 1. The van der Waals surface area contributed by atoms with Crippen LogP contribution in [0.25, 0.3) is 0 Å². The Morgan fingerprint density at radius 2 is 2.00 bits per heavy atom. The van der Waals surface area contributed by atoms with E-state index < -0.39 is 0 Å². The summed E-state index contributed by atoms with van der Waals surface area (Å²) < 4.78 is 0. The summed E-state index contributed by atoms with van der Waals surface area (Å²) in [6.45, 7) is 2.42. The van der Waals surface area contributed by atoms with E-state index in [9.17, 15) is 5.11 Å². The van der Waals surface area contributed by atoms with Crippen LogP contribution in [0.1, 0.15) is 50.2 Å². The molecule has 2 heteroatoms. The van der Waals surface area contributed by atoms with E-state index in [4.69, 9.17) is 0 Å². The molecule has 0 radical (unpaired) electrons. The van der Waals surface area contributed by atoms with Crippen LogP contribution in [-0.2, 0) is 11.8 Å². The van der Waals surface area contributed by atoms with Gasteiger partial charge in [0.1, 0.15) is 5.75 Å². The molecular weight excluding hydrogens is 246 g/mol. The minimum atomic E-state index is 0.181.